The molecule has 1 aromatic carbocycles. The topological polar surface area (TPSA) is 61.4 Å². The standard InChI is InChI=1S/C19H25N3O2/c1-12(13-6-7-13)22(15-8-9-15)19(24)20-11-14-10-18(23)21-17-5-3-2-4-16(14)17/h2-5,12-15H,6-11H2,1H3,(H,20,24)(H,21,23)/t12-,14-/m1/s1. The van der Waals surface area contributed by atoms with E-state index in [9.17, 15) is 9.59 Å². The van der Waals surface area contributed by atoms with Gasteiger partial charge in [-0.3, -0.25) is 4.79 Å². The van der Waals surface area contributed by atoms with E-state index >= 15 is 0 Å². The first-order valence-corrected chi connectivity index (χ1v) is 9.08. The molecule has 2 saturated carbocycles. The lowest BCUT2D eigenvalue weighted by Gasteiger charge is -2.31. The van der Waals surface area contributed by atoms with Crippen LogP contribution in [0.5, 0.6) is 0 Å². The number of urea groups is 1. The fourth-order valence-corrected chi connectivity index (χ4v) is 3.83. The van der Waals surface area contributed by atoms with Crippen LogP contribution in [0.15, 0.2) is 24.3 Å². The molecule has 2 fully saturated rings. The maximum atomic E-state index is 12.7. The second-order valence-electron chi connectivity index (χ2n) is 7.44. The number of fused-ring (bicyclic) bond motifs is 1. The number of para-hydroxylation sites is 1. The lowest BCUT2D eigenvalue weighted by Crippen LogP contribution is -2.48. The first kappa shape index (κ1) is 15.5. The summed E-state index contributed by atoms with van der Waals surface area (Å²) in [6.07, 6.45) is 5.17. The Kier molecular flexibility index (Phi) is 3.94. The van der Waals surface area contributed by atoms with Gasteiger partial charge in [-0.05, 0) is 50.2 Å². The number of rotatable bonds is 5. The maximum Gasteiger partial charge on any atom is 0.317 e. The SMILES string of the molecule is C[C@H](C1CC1)N(C(=O)NC[C@H]1CC(=O)Nc2ccccc21)C1CC1. The van der Waals surface area contributed by atoms with Crippen molar-refractivity contribution in [2.75, 3.05) is 11.9 Å². The number of anilines is 1. The van der Waals surface area contributed by atoms with Crippen LogP contribution in [0.4, 0.5) is 10.5 Å². The fraction of sp³-hybridized carbons (Fsp3) is 0.579. The molecular formula is C19H25N3O2. The molecule has 0 radical (unpaired) electrons. The van der Waals surface area contributed by atoms with Crippen molar-refractivity contribution in [3.63, 3.8) is 0 Å². The maximum absolute atomic E-state index is 12.7. The number of nitrogens with zero attached hydrogens (tertiary/aromatic N) is 1. The van der Waals surface area contributed by atoms with Gasteiger partial charge < -0.3 is 15.5 Å². The highest BCUT2D eigenvalue weighted by Gasteiger charge is 2.41. The average Bonchev–Trinajstić information content (AvgIpc) is 3.45. The molecule has 3 aliphatic rings. The summed E-state index contributed by atoms with van der Waals surface area (Å²) >= 11 is 0. The number of carbonyl (C=O) groups excluding carboxylic acids is 2. The Labute approximate surface area is 142 Å². The van der Waals surface area contributed by atoms with Gasteiger partial charge in [0.25, 0.3) is 0 Å². The third-order valence-electron chi connectivity index (χ3n) is 5.52. The molecule has 5 nitrogen and oxygen atoms in total. The van der Waals surface area contributed by atoms with Crippen LogP contribution in [0, 0.1) is 5.92 Å². The van der Waals surface area contributed by atoms with Gasteiger partial charge in [0.2, 0.25) is 5.91 Å². The molecular weight excluding hydrogens is 302 g/mol. The molecule has 128 valence electrons. The molecule has 5 heteroatoms. The minimum atomic E-state index is 0.0262. The van der Waals surface area contributed by atoms with Gasteiger partial charge in [-0.25, -0.2) is 4.79 Å². The summed E-state index contributed by atoms with van der Waals surface area (Å²) in [6.45, 7) is 2.70. The van der Waals surface area contributed by atoms with Crippen molar-refractivity contribution in [2.45, 2.75) is 57.0 Å². The predicted molar refractivity (Wildman–Crippen MR) is 92.9 cm³/mol. The minimum absolute atomic E-state index is 0.0262. The molecule has 0 unspecified atom stereocenters. The number of carbonyl (C=O) groups is 2. The average molecular weight is 327 g/mol. The Hall–Kier alpha value is -2.04. The summed E-state index contributed by atoms with van der Waals surface area (Å²) in [4.78, 5) is 26.7. The molecule has 2 atom stereocenters. The van der Waals surface area contributed by atoms with Crippen molar-refractivity contribution >= 4 is 17.6 Å². The van der Waals surface area contributed by atoms with E-state index in [0.717, 1.165) is 24.1 Å². The Balaban J connectivity index is 1.42. The van der Waals surface area contributed by atoms with Gasteiger partial charge in [-0.1, -0.05) is 18.2 Å². The predicted octanol–water partition coefficient (Wildman–Crippen LogP) is 3.08. The van der Waals surface area contributed by atoms with E-state index in [4.69, 9.17) is 0 Å². The highest BCUT2D eigenvalue weighted by Crippen LogP contribution is 2.39. The van der Waals surface area contributed by atoms with Gasteiger partial charge >= 0.3 is 6.03 Å². The molecule has 0 spiro atoms. The second-order valence-corrected chi connectivity index (χ2v) is 7.44. The van der Waals surface area contributed by atoms with Crippen molar-refractivity contribution in [1.29, 1.82) is 0 Å². The van der Waals surface area contributed by atoms with Crippen LogP contribution in [-0.4, -0.2) is 35.5 Å². The molecule has 2 aliphatic carbocycles. The van der Waals surface area contributed by atoms with Gasteiger partial charge in [0, 0.05) is 36.7 Å². The van der Waals surface area contributed by atoms with E-state index in [1.807, 2.05) is 24.3 Å². The summed E-state index contributed by atoms with van der Waals surface area (Å²) in [6, 6.07) is 8.66. The Morgan fingerprint density at radius 1 is 1.29 bits per heavy atom. The zero-order valence-electron chi connectivity index (χ0n) is 14.1. The van der Waals surface area contributed by atoms with Crippen LogP contribution >= 0.6 is 0 Å². The summed E-state index contributed by atoms with van der Waals surface area (Å²) in [5.74, 6) is 0.757. The Morgan fingerprint density at radius 2 is 2.04 bits per heavy atom. The molecule has 1 aliphatic heterocycles. The number of amides is 3. The van der Waals surface area contributed by atoms with E-state index in [1.165, 1.54) is 12.8 Å². The monoisotopic (exact) mass is 327 g/mol. The largest absolute Gasteiger partial charge is 0.337 e. The smallest absolute Gasteiger partial charge is 0.317 e. The number of hydrogen-bond acceptors (Lipinski definition) is 2. The van der Waals surface area contributed by atoms with Crippen LogP contribution in [0.2, 0.25) is 0 Å². The first-order valence-electron chi connectivity index (χ1n) is 9.08. The summed E-state index contributed by atoms with van der Waals surface area (Å²) < 4.78 is 0. The molecule has 2 N–H and O–H groups in total. The van der Waals surface area contributed by atoms with Gasteiger partial charge in [-0.15, -0.1) is 0 Å². The normalized spacial score (nSPS) is 23.9. The van der Waals surface area contributed by atoms with Gasteiger partial charge in [0.15, 0.2) is 0 Å². The zero-order valence-corrected chi connectivity index (χ0v) is 14.1. The number of benzene rings is 1. The quantitative estimate of drug-likeness (QED) is 0.873. The van der Waals surface area contributed by atoms with Crippen molar-refractivity contribution in [1.82, 2.24) is 10.2 Å². The van der Waals surface area contributed by atoms with Gasteiger partial charge in [0.1, 0.15) is 0 Å². The van der Waals surface area contributed by atoms with Crippen LogP contribution in [-0.2, 0) is 4.79 Å². The highest BCUT2D eigenvalue weighted by molar-refractivity contribution is 5.94. The van der Waals surface area contributed by atoms with Crippen molar-refractivity contribution in [3.8, 4) is 0 Å². The summed E-state index contributed by atoms with van der Waals surface area (Å²) in [7, 11) is 0. The molecule has 0 bridgehead atoms. The molecule has 0 aromatic heterocycles. The van der Waals surface area contributed by atoms with Crippen LogP contribution in [0.25, 0.3) is 0 Å². The van der Waals surface area contributed by atoms with Crippen LogP contribution in [0.1, 0.15) is 50.5 Å². The molecule has 0 saturated heterocycles. The Bertz CT molecular complexity index is 652. The van der Waals surface area contributed by atoms with Crippen molar-refractivity contribution in [3.05, 3.63) is 29.8 Å². The number of nitrogens with one attached hydrogen (secondary N) is 2. The third-order valence-corrected chi connectivity index (χ3v) is 5.52. The lowest BCUT2D eigenvalue weighted by molar-refractivity contribution is -0.116. The van der Waals surface area contributed by atoms with E-state index in [1.54, 1.807) is 0 Å². The Morgan fingerprint density at radius 3 is 2.75 bits per heavy atom. The molecule has 3 amide bonds. The molecule has 4 rings (SSSR count). The molecule has 1 heterocycles. The van der Waals surface area contributed by atoms with E-state index in [0.29, 0.717) is 31.0 Å². The second kappa shape index (κ2) is 6.11. The van der Waals surface area contributed by atoms with Crippen LogP contribution in [0.3, 0.4) is 0 Å². The van der Waals surface area contributed by atoms with E-state index in [-0.39, 0.29) is 17.9 Å². The van der Waals surface area contributed by atoms with Crippen molar-refractivity contribution in [2.24, 2.45) is 5.92 Å². The summed E-state index contributed by atoms with van der Waals surface area (Å²) in [5, 5.41) is 6.01. The third kappa shape index (κ3) is 3.12. The van der Waals surface area contributed by atoms with Gasteiger partial charge in [0.05, 0.1) is 0 Å². The van der Waals surface area contributed by atoms with E-state index in [2.05, 4.69) is 22.5 Å². The summed E-state index contributed by atoms with van der Waals surface area (Å²) in [5.41, 5.74) is 1.99. The molecule has 1 aromatic rings. The highest BCUT2D eigenvalue weighted by atomic mass is 16.2. The van der Waals surface area contributed by atoms with E-state index < -0.39 is 0 Å². The fourth-order valence-electron chi connectivity index (χ4n) is 3.83. The minimum Gasteiger partial charge on any atom is -0.337 e. The lowest BCUT2D eigenvalue weighted by atomic mass is 9.90. The first-order chi connectivity index (χ1) is 11.6. The number of hydrogen-bond donors (Lipinski definition) is 2. The van der Waals surface area contributed by atoms with Gasteiger partial charge in [-0.2, -0.15) is 0 Å². The molecule has 24 heavy (non-hydrogen) atoms. The van der Waals surface area contributed by atoms with Crippen LogP contribution < -0.4 is 10.6 Å². The zero-order chi connectivity index (χ0) is 16.7. The van der Waals surface area contributed by atoms with Crippen molar-refractivity contribution < 1.29 is 9.59 Å².